The van der Waals surface area contributed by atoms with Crippen molar-refractivity contribution in [3.8, 4) is 11.5 Å². The van der Waals surface area contributed by atoms with Gasteiger partial charge in [0.15, 0.2) is 17.6 Å². The highest BCUT2D eigenvalue weighted by molar-refractivity contribution is 5.91. The van der Waals surface area contributed by atoms with Crippen LogP contribution in [0.2, 0.25) is 0 Å². The molecule has 0 amide bonds. The predicted octanol–water partition coefficient (Wildman–Crippen LogP) is 2.40. The molecule has 1 unspecified atom stereocenters. The van der Waals surface area contributed by atoms with E-state index in [-0.39, 0.29) is 11.5 Å². The maximum atomic E-state index is 10.7. The van der Waals surface area contributed by atoms with Crippen LogP contribution in [0.1, 0.15) is 6.92 Å². The Bertz CT molecular complexity index is 562. The van der Waals surface area contributed by atoms with E-state index in [2.05, 4.69) is 0 Å². The molecule has 0 aliphatic rings. The summed E-state index contributed by atoms with van der Waals surface area (Å²) in [6.07, 6.45) is -1.01. The third kappa shape index (κ3) is 2.15. The van der Waals surface area contributed by atoms with Crippen molar-refractivity contribution in [3.05, 3.63) is 36.4 Å². The van der Waals surface area contributed by atoms with E-state index in [0.717, 1.165) is 5.39 Å². The number of hydrogen-bond donors (Lipinski definition) is 2. The topological polar surface area (TPSA) is 66.8 Å². The van der Waals surface area contributed by atoms with Gasteiger partial charge in [-0.25, -0.2) is 4.79 Å². The van der Waals surface area contributed by atoms with Gasteiger partial charge in [-0.15, -0.1) is 0 Å². The molecule has 0 bridgehead atoms. The van der Waals surface area contributed by atoms with Crippen LogP contribution in [0.25, 0.3) is 10.8 Å². The molecule has 2 rings (SSSR count). The van der Waals surface area contributed by atoms with Gasteiger partial charge in [-0.05, 0) is 18.4 Å². The molecule has 4 heteroatoms. The molecule has 0 aromatic heterocycles. The molecular formula is C13H12O4. The van der Waals surface area contributed by atoms with Gasteiger partial charge in [-0.3, -0.25) is 0 Å². The van der Waals surface area contributed by atoms with E-state index in [1.54, 1.807) is 18.2 Å². The Morgan fingerprint density at radius 1 is 1.24 bits per heavy atom. The highest BCUT2D eigenvalue weighted by atomic mass is 16.5. The summed E-state index contributed by atoms with van der Waals surface area (Å²) in [6.45, 7) is 1.42. The van der Waals surface area contributed by atoms with Crippen molar-refractivity contribution < 1.29 is 19.7 Å². The summed E-state index contributed by atoms with van der Waals surface area (Å²) in [7, 11) is 0. The predicted molar refractivity (Wildman–Crippen MR) is 63.3 cm³/mol. The second-order valence-corrected chi connectivity index (χ2v) is 3.73. The summed E-state index contributed by atoms with van der Waals surface area (Å²) >= 11 is 0. The van der Waals surface area contributed by atoms with E-state index in [4.69, 9.17) is 9.84 Å². The highest BCUT2D eigenvalue weighted by Crippen LogP contribution is 2.35. The molecule has 2 aromatic carbocycles. The van der Waals surface area contributed by atoms with E-state index in [0.29, 0.717) is 5.39 Å². The average Bonchev–Trinajstić information content (AvgIpc) is 2.32. The second-order valence-electron chi connectivity index (χ2n) is 3.73. The summed E-state index contributed by atoms with van der Waals surface area (Å²) in [6, 6.07) is 10.6. The van der Waals surface area contributed by atoms with Crippen molar-refractivity contribution in [1.29, 1.82) is 0 Å². The molecule has 4 nitrogen and oxygen atoms in total. The van der Waals surface area contributed by atoms with Gasteiger partial charge >= 0.3 is 5.97 Å². The Morgan fingerprint density at radius 3 is 2.65 bits per heavy atom. The number of fused-ring (bicyclic) bond motifs is 1. The Hall–Kier alpha value is -2.23. The summed E-state index contributed by atoms with van der Waals surface area (Å²) < 4.78 is 5.27. The maximum Gasteiger partial charge on any atom is 0.344 e. The number of phenols is 1. The van der Waals surface area contributed by atoms with Crippen molar-refractivity contribution >= 4 is 16.7 Å². The molecule has 0 radical (unpaired) electrons. The van der Waals surface area contributed by atoms with Gasteiger partial charge in [0.25, 0.3) is 0 Å². The number of hydrogen-bond acceptors (Lipinski definition) is 3. The first-order valence-corrected chi connectivity index (χ1v) is 5.20. The first-order chi connectivity index (χ1) is 8.09. The van der Waals surface area contributed by atoms with Gasteiger partial charge in [-0.1, -0.05) is 30.3 Å². The van der Waals surface area contributed by atoms with Crippen LogP contribution in [0.3, 0.4) is 0 Å². The number of phenolic OH excluding ortho intramolecular Hbond substituents is 1. The zero-order chi connectivity index (χ0) is 12.4. The van der Waals surface area contributed by atoms with Crippen LogP contribution in [-0.4, -0.2) is 22.3 Å². The van der Waals surface area contributed by atoms with Crippen molar-refractivity contribution in [3.63, 3.8) is 0 Å². The smallest absolute Gasteiger partial charge is 0.344 e. The minimum atomic E-state index is -1.07. The van der Waals surface area contributed by atoms with Crippen LogP contribution < -0.4 is 4.74 Å². The number of aliphatic carboxylic acids is 1. The molecule has 2 N–H and O–H groups in total. The Kier molecular flexibility index (Phi) is 2.87. The molecule has 88 valence electrons. The molecule has 0 heterocycles. The highest BCUT2D eigenvalue weighted by Gasteiger charge is 2.16. The lowest BCUT2D eigenvalue weighted by molar-refractivity contribution is -0.144. The fraction of sp³-hybridized carbons (Fsp3) is 0.154. The molecule has 0 spiro atoms. The van der Waals surface area contributed by atoms with E-state index < -0.39 is 12.1 Å². The SMILES string of the molecule is CC(Oc1c(O)ccc2ccccc12)C(=O)O. The number of carboxylic acids is 1. The Morgan fingerprint density at radius 2 is 1.94 bits per heavy atom. The summed E-state index contributed by atoms with van der Waals surface area (Å²) in [5.41, 5.74) is 0. The monoisotopic (exact) mass is 232 g/mol. The number of carboxylic acid groups (broad SMARTS) is 1. The molecule has 1 atom stereocenters. The normalized spacial score (nSPS) is 12.3. The van der Waals surface area contributed by atoms with E-state index in [1.165, 1.54) is 13.0 Å². The molecule has 0 aliphatic heterocycles. The van der Waals surface area contributed by atoms with Crippen LogP contribution >= 0.6 is 0 Å². The summed E-state index contributed by atoms with van der Waals surface area (Å²) in [4.78, 5) is 10.7. The zero-order valence-corrected chi connectivity index (χ0v) is 9.25. The third-order valence-electron chi connectivity index (χ3n) is 2.50. The third-order valence-corrected chi connectivity index (χ3v) is 2.50. The number of benzene rings is 2. The fourth-order valence-corrected chi connectivity index (χ4v) is 1.58. The lowest BCUT2D eigenvalue weighted by Crippen LogP contribution is -2.23. The number of aromatic hydroxyl groups is 1. The van der Waals surface area contributed by atoms with Crippen LogP contribution in [0.4, 0.5) is 0 Å². The largest absolute Gasteiger partial charge is 0.504 e. The van der Waals surface area contributed by atoms with Gasteiger partial charge in [0.05, 0.1) is 0 Å². The minimum absolute atomic E-state index is 0.0585. The van der Waals surface area contributed by atoms with Crippen LogP contribution in [0.15, 0.2) is 36.4 Å². The number of carbonyl (C=O) groups is 1. The summed E-state index contributed by atoms with van der Waals surface area (Å²) in [5.74, 6) is -0.924. The van der Waals surface area contributed by atoms with Gasteiger partial charge in [0.2, 0.25) is 0 Å². The van der Waals surface area contributed by atoms with Crippen molar-refractivity contribution in [2.45, 2.75) is 13.0 Å². The van der Waals surface area contributed by atoms with Crippen LogP contribution in [0.5, 0.6) is 11.5 Å². The van der Waals surface area contributed by atoms with Gasteiger partial charge in [0, 0.05) is 5.39 Å². The van der Waals surface area contributed by atoms with Gasteiger partial charge in [0.1, 0.15) is 0 Å². The molecule has 2 aromatic rings. The molecule has 0 saturated heterocycles. The first-order valence-electron chi connectivity index (χ1n) is 5.20. The van der Waals surface area contributed by atoms with E-state index in [9.17, 15) is 9.90 Å². The lowest BCUT2D eigenvalue weighted by atomic mass is 10.1. The average molecular weight is 232 g/mol. The van der Waals surface area contributed by atoms with Gasteiger partial charge < -0.3 is 14.9 Å². The van der Waals surface area contributed by atoms with E-state index in [1.807, 2.05) is 12.1 Å². The number of ether oxygens (including phenoxy) is 1. The van der Waals surface area contributed by atoms with Crippen molar-refractivity contribution in [2.24, 2.45) is 0 Å². The molecule has 0 saturated carbocycles. The van der Waals surface area contributed by atoms with Crippen molar-refractivity contribution in [1.82, 2.24) is 0 Å². The summed E-state index contributed by atoms with van der Waals surface area (Å²) in [5, 5.41) is 20.1. The Balaban J connectivity index is 2.51. The van der Waals surface area contributed by atoms with Crippen molar-refractivity contribution in [2.75, 3.05) is 0 Å². The molecule has 0 aliphatic carbocycles. The van der Waals surface area contributed by atoms with Crippen LogP contribution in [-0.2, 0) is 4.79 Å². The zero-order valence-electron chi connectivity index (χ0n) is 9.25. The molecule has 0 fully saturated rings. The second kappa shape index (κ2) is 4.33. The first kappa shape index (κ1) is 11.3. The lowest BCUT2D eigenvalue weighted by Gasteiger charge is -2.14. The standard InChI is InChI=1S/C13H12O4/c1-8(13(15)16)17-12-10-5-3-2-4-9(10)6-7-11(12)14/h2-8,14H,1H3,(H,15,16). The molecule has 17 heavy (non-hydrogen) atoms. The fourth-order valence-electron chi connectivity index (χ4n) is 1.58. The van der Waals surface area contributed by atoms with Crippen LogP contribution in [0, 0.1) is 0 Å². The minimum Gasteiger partial charge on any atom is -0.504 e. The Labute approximate surface area is 98.1 Å². The van der Waals surface area contributed by atoms with E-state index >= 15 is 0 Å². The maximum absolute atomic E-state index is 10.7. The van der Waals surface area contributed by atoms with Gasteiger partial charge in [-0.2, -0.15) is 0 Å². The molecular weight excluding hydrogens is 220 g/mol. The quantitative estimate of drug-likeness (QED) is 0.852. The number of rotatable bonds is 3.